The number of hydrogen-bond acceptors (Lipinski definition) is 2. The van der Waals surface area contributed by atoms with Crippen LogP contribution in [-0.2, 0) is 22.4 Å². The maximum atomic E-state index is 13.8. The number of benzene rings is 3. The number of likely N-dealkylation sites (N-methyl/N-ethyl adjacent to an activating group) is 1. The first-order chi connectivity index (χ1) is 16.8. The van der Waals surface area contributed by atoms with E-state index >= 15 is 0 Å². The van der Waals surface area contributed by atoms with E-state index in [0.717, 1.165) is 22.0 Å². The van der Waals surface area contributed by atoms with Crippen molar-refractivity contribution >= 4 is 28.4 Å². The summed E-state index contributed by atoms with van der Waals surface area (Å²) in [5.41, 5.74) is 3.35. The fraction of sp³-hybridized carbons (Fsp3) is 0.241. The number of para-hydroxylation sites is 1. The number of hydrogen-bond donors (Lipinski definition) is 1. The van der Waals surface area contributed by atoms with Crippen molar-refractivity contribution < 1.29 is 14.0 Å². The van der Waals surface area contributed by atoms with Crippen LogP contribution in [0, 0.1) is 5.82 Å². The van der Waals surface area contributed by atoms with Crippen molar-refractivity contribution in [2.24, 2.45) is 0 Å². The summed E-state index contributed by atoms with van der Waals surface area (Å²) in [4.78, 5) is 28.0. The molecule has 0 bridgehead atoms. The summed E-state index contributed by atoms with van der Waals surface area (Å²) in [5, 5.41) is 3.98. The monoisotopic (exact) mass is 471 g/mol. The third-order valence-corrected chi connectivity index (χ3v) is 6.17. The summed E-state index contributed by atoms with van der Waals surface area (Å²) < 4.78 is 15.9. The minimum atomic E-state index is -0.795. The summed E-state index contributed by atoms with van der Waals surface area (Å²) in [6, 6.07) is 22.9. The van der Waals surface area contributed by atoms with Gasteiger partial charge in [-0.05, 0) is 49.2 Å². The Hall–Kier alpha value is -3.93. The van der Waals surface area contributed by atoms with Gasteiger partial charge in [0, 0.05) is 42.3 Å². The molecular weight excluding hydrogens is 441 g/mol. The highest BCUT2D eigenvalue weighted by Gasteiger charge is 2.26. The van der Waals surface area contributed by atoms with E-state index in [1.807, 2.05) is 60.8 Å². The molecule has 4 rings (SSSR count). The standard InChI is InChI=1S/C29H30FN3O2/c1-20(2)33-19-22(25-14-7-8-15-27(25)33)17-28(34)31-26(16-21-10-5-4-6-11-21)29(35)32(3)24-13-9-12-23(30)18-24/h4-15,18-20,26H,16-17H2,1-3H3,(H,31,34)/t26-/m0/s1. The van der Waals surface area contributed by atoms with Gasteiger partial charge in [-0.3, -0.25) is 9.59 Å². The van der Waals surface area contributed by atoms with Crippen LogP contribution < -0.4 is 10.2 Å². The molecule has 0 saturated heterocycles. The van der Waals surface area contributed by atoms with Gasteiger partial charge in [0.1, 0.15) is 11.9 Å². The van der Waals surface area contributed by atoms with Crippen LogP contribution in [0.5, 0.6) is 0 Å². The number of amides is 2. The van der Waals surface area contributed by atoms with Crippen molar-refractivity contribution in [1.82, 2.24) is 9.88 Å². The highest BCUT2D eigenvalue weighted by molar-refractivity contribution is 5.99. The van der Waals surface area contributed by atoms with Crippen LogP contribution in [0.4, 0.5) is 10.1 Å². The summed E-state index contributed by atoms with van der Waals surface area (Å²) in [5.74, 6) is -0.969. The van der Waals surface area contributed by atoms with Gasteiger partial charge in [0.2, 0.25) is 11.8 Å². The largest absolute Gasteiger partial charge is 0.345 e. The Morgan fingerprint density at radius 2 is 1.69 bits per heavy atom. The molecule has 1 aromatic heterocycles. The average Bonchev–Trinajstić information content (AvgIpc) is 3.22. The van der Waals surface area contributed by atoms with Crippen molar-refractivity contribution in [2.45, 2.75) is 38.8 Å². The Bertz CT molecular complexity index is 1330. The van der Waals surface area contributed by atoms with Crippen LogP contribution in [0.1, 0.15) is 31.0 Å². The quantitative estimate of drug-likeness (QED) is 0.379. The number of halogens is 1. The summed E-state index contributed by atoms with van der Waals surface area (Å²) in [7, 11) is 1.59. The zero-order valence-electron chi connectivity index (χ0n) is 20.2. The van der Waals surface area contributed by atoms with Gasteiger partial charge in [0.05, 0.1) is 6.42 Å². The second kappa shape index (κ2) is 10.6. The zero-order chi connectivity index (χ0) is 24.9. The second-order valence-electron chi connectivity index (χ2n) is 9.04. The van der Waals surface area contributed by atoms with Gasteiger partial charge >= 0.3 is 0 Å². The lowest BCUT2D eigenvalue weighted by Crippen LogP contribution is -2.49. The third kappa shape index (κ3) is 5.60. The van der Waals surface area contributed by atoms with Gasteiger partial charge in [-0.2, -0.15) is 0 Å². The Morgan fingerprint density at radius 3 is 2.40 bits per heavy atom. The predicted octanol–water partition coefficient (Wildman–Crippen LogP) is 5.29. The first-order valence-electron chi connectivity index (χ1n) is 11.8. The molecule has 0 unspecified atom stereocenters. The second-order valence-corrected chi connectivity index (χ2v) is 9.04. The molecule has 35 heavy (non-hydrogen) atoms. The topological polar surface area (TPSA) is 54.3 Å². The number of rotatable bonds is 8. The molecule has 5 nitrogen and oxygen atoms in total. The number of aromatic nitrogens is 1. The number of carbonyl (C=O) groups is 2. The van der Waals surface area contributed by atoms with E-state index in [-0.39, 0.29) is 24.3 Å². The summed E-state index contributed by atoms with van der Waals surface area (Å²) >= 11 is 0. The number of carbonyl (C=O) groups excluding carboxylic acids is 2. The number of nitrogens with one attached hydrogen (secondary N) is 1. The van der Waals surface area contributed by atoms with Crippen molar-refractivity contribution in [3.8, 4) is 0 Å². The van der Waals surface area contributed by atoms with Crippen molar-refractivity contribution in [3.05, 3.63) is 102 Å². The van der Waals surface area contributed by atoms with Crippen molar-refractivity contribution in [1.29, 1.82) is 0 Å². The van der Waals surface area contributed by atoms with Gasteiger partial charge < -0.3 is 14.8 Å². The van der Waals surface area contributed by atoms with Crippen LogP contribution in [0.15, 0.2) is 85.1 Å². The maximum absolute atomic E-state index is 13.8. The number of fused-ring (bicyclic) bond motifs is 1. The molecule has 0 aliphatic rings. The molecular formula is C29H30FN3O2. The third-order valence-electron chi connectivity index (χ3n) is 6.17. The van der Waals surface area contributed by atoms with E-state index in [1.54, 1.807) is 19.2 Å². The Morgan fingerprint density at radius 1 is 0.971 bits per heavy atom. The number of anilines is 1. The Kier molecular flexibility index (Phi) is 7.30. The van der Waals surface area contributed by atoms with Crippen LogP contribution in [0.3, 0.4) is 0 Å². The highest BCUT2D eigenvalue weighted by Crippen LogP contribution is 2.25. The molecule has 0 aliphatic carbocycles. The predicted molar refractivity (Wildman–Crippen MR) is 138 cm³/mol. The summed E-state index contributed by atoms with van der Waals surface area (Å²) in [6.45, 7) is 4.21. The number of nitrogens with zero attached hydrogens (tertiary/aromatic N) is 2. The van der Waals surface area contributed by atoms with Crippen LogP contribution >= 0.6 is 0 Å². The van der Waals surface area contributed by atoms with Gasteiger partial charge in [0.15, 0.2) is 0 Å². The molecule has 0 spiro atoms. The zero-order valence-corrected chi connectivity index (χ0v) is 20.2. The fourth-order valence-electron chi connectivity index (χ4n) is 4.36. The molecule has 0 saturated carbocycles. The first-order valence-corrected chi connectivity index (χ1v) is 11.8. The van der Waals surface area contributed by atoms with Crippen molar-refractivity contribution in [2.75, 3.05) is 11.9 Å². The summed E-state index contributed by atoms with van der Waals surface area (Å²) in [6.07, 6.45) is 2.50. The van der Waals surface area contributed by atoms with Gasteiger partial charge in [-0.15, -0.1) is 0 Å². The van der Waals surface area contributed by atoms with Crippen LogP contribution in [-0.4, -0.2) is 29.5 Å². The van der Waals surface area contributed by atoms with Gasteiger partial charge in [-0.1, -0.05) is 54.6 Å². The molecule has 2 amide bonds. The Balaban J connectivity index is 1.58. The molecule has 1 atom stereocenters. The SMILES string of the molecule is CC(C)n1cc(CC(=O)N[C@@H](Cc2ccccc2)C(=O)N(C)c2cccc(F)c2)c2ccccc21. The molecule has 1 heterocycles. The van der Waals surface area contributed by atoms with Crippen LogP contribution in [0.2, 0.25) is 0 Å². The molecule has 180 valence electrons. The minimum Gasteiger partial charge on any atom is -0.345 e. The molecule has 6 heteroatoms. The molecule has 0 aliphatic heterocycles. The van der Waals surface area contributed by atoms with Gasteiger partial charge in [0.25, 0.3) is 0 Å². The molecule has 1 N–H and O–H groups in total. The van der Waals surface area contributed by atoms with Gasteiger partial charge in [-0.25, -0.2) is 4.39 Å². The van der Waals surface area contributed by atoms with E-state index in [1.165, 1.54) is 17.0 Å². The smallest absolute Gasteiger partial charge is 0.249 e. The molecule has 0 radical (unpaired) electrons. The molecule has 3 aromatic carbocycles. The van der Waals surface area contributed by atoms with E-state index in [0.29, 0.717) is 12.1 Å². The highest BCUT2D eigenvalue weighted by atomic mass is 19.1. The molecule has 4 aromatic rings. The van der Waals surface area contributed by atoms with E-state index in [4.69, 9.17) is 0 Å². The normalized spacial score (nSPS) is 12.0. The van der Waals surface area contributed by atoms with E-state index in [2.05, 4.69) is 23.7 Å². The van der Waals surface area contributed by atoms with E-state index < -0.39 is 11.9 Å². The Labute approximate surface area is 205 Å². The lowest BCUT2D eigenvalue weighted by molar-refractivity contribution is -0.127. The minimum absolute atomic E-state index is 0.155. The van der Waals surface area contributed by atoms with Crippen LogP contribution in [0.25, 0.3) is 10.9 Å². The lowest BCUT2D eigenvalue weighted by Gasteiger charge is -2.25. The molecule has 0 fully saturated rings. The van der Waals surface area contributed by atoms with Crippen molar-refractivity contribution in [3.63, 3.8) is 0 Å². The first kappa shape index (κ1) is 24.2. The lowest BCUT2D eigenvalue weighted by atomic mass is 10.0. The maximum Gasteiger partial charge on any atom is 0.249 e. The fourth-order valence-corrected chi connectivity index (χ4v) is 4.36. The van der Waals surface area contributed by atoms with E-state index in [9.17, 15) is 14.0 Å². The average molecular weight is 472 g/mol.